The van der Waals surface area contributed by atoms with Gasteiger partial charge in [0.25, 0.3) is 5.91 Å². The standard InChI is InChI=1S/C26H24N2O5/c1-32-26(31)23-21(16-7-5-10-18(15-16)33-17-8-3-2-4-9-17)22-19(11-6-12-20(22)29)28-14-13-27-25(30)24(23)28/h2-5,7-10,15,21H,6,11-14H2,1H3,(H,27,30). The van der Waals surface area contributed by atoms with Crippen molar-refractivity contribution in [3.63, 3.8) is 0 Å². The second-order valence-corrected chi connectivity index (χ2v) is 8.22. The molecule has 33 heavy (non-hydrogen) atoms. The topological polar surface area (TPSA) is 84.9 Å². The molecule has 168 valence electrons. The Morgan fingerprint density at radius 2 is 1.82 bits per heavy atom. The van der Waals surface area contributed by atoms with Crippen molar-refractivity contribution >= 4 is 17.7 Å². The minimum absolute atomic E-state index is 0.00191. The van der Waals surface area contributed by atoms with Crippen LogP contribution in [0.3, 0.4) is 0 Å². The predicted octanol–water partition coefficient (Wildman–Crippen LogP) is 3.44. The van der Waals surface area contributed by atoms with Crippen LogP contribution in [0.5, 0.6) is 11.5 Å². The van der Waals surface area contributed by atoms with Crippen LogP contribution in [-0.2, 0) is 19.1 Å². The van der Waals surface area contributed by atoms with Gasteiger partial charge in [0.15, 0.2) is 5.78 Å². The Morgan fingerprint density at radius 1 is 1.03 bits per heavy atom. The van der Waals surface area contributed by atoms with Crippen molar-refractivity contribution in [3.8, 4) is 11.5 Å². The van der Waals surface area contributed by atoms with Crippen LogP contribution in [-0.4, -0.2) is 42.8 Å². The van der Waals surface area contributed by atoms with E-state index in [4.69, 9.17) is 9.47 Å². The number of fused-ring (bicyclic) bond motifs is 2. The number of esters is 1. The number of nitrogens with zero attached hydrogens (tertiary/aromatic N) is 1. The molecule has 1 saturated heterocycles. The number of rotatable bonds is 4. The highest BCUT2D eigenvalue weighted by molar-refractivity contribution is 6.09. The number of para-hydroxylation sites is 1. The van der Waals surface area contributed by atoms with Gasteiger partial charge < -0.3 is 19.7 Å². The molecule has 7 nitrogen and oxygen atoms in total. The monoisotopic (exact) mass is 444 g/mol. The quantitative estimate of drug-likeness (QED) is 0.728. The van der Waals surface area contributed by atoms with Crippen molar-refractivity contribution in [1.82, 2.24) is 10.2 Å². The first-order valence-corrected chi connectivity index (χ1v) is 11.1. The molecule has 2 aromatic carbocycles. The molecule has 2 aromatic rings. The molecule has 1 fully saturated rings. The summed E-state index contributed by atoms with van der Waals surface area (Å²) in [5, 5.41) is 2.83. The van der Waals surface area contributed by atoms with E-state index >= 15 is 0 Å². The maximum absolute atomic E-state index is 13.2. The fourth-order valence-electron chi connectivity index (χ4n) is 4.91. The molecule has 1 aliphatic carbocycles. The molecule has 1 N–H and O–H groups in total. The molecule has 2 aliphatic heterocycles. The zero-order valence-electron chi connectivity index (χ0n) is 18.3. The number of nitrogens with one attached hydrogen (secondary N) is 1. The highest BCUT2D eigenvalue weighted by Crippen LogP contribution is 2.47. The SMILES string of the molecule is COC(=O)C1=C2C(=O)NCCN2C2=C(C(=O)CCC2)C1c1cccc(Oc2ccccc2)c1. The number of allylic oxidation sites excluding steroid dienone is 2. The molecule has 5 rings (SSSR count). The summed E-state index contributed by atoms with van der Waals surface area (Å²) in [7, 11) is 1.29. The predicted molar refractivity (Wildman–Crippen MR) is 120 cm³/mol. The molecule has 2 heterocycles. The number of carbonyl (C=O) groups excluding carboxylic acids is 3. The Morgan fingerprint density at radius 3 is 2.61 bits per heavy atom. The van der Waals surface area contributed by atoms with Crippen molar-refractivity contribution in [1.29, 1.82) is 0 Å². The highest BCUT2D eigenvalue weighted by atomic mass is 16.5. The van der Waals surface area contributed by atoms with Crippen LogP contribution in [0.25, 0.3) is 0 Å². The molecule has 0 saturated carbocycles. The van der Waals surface area contributed by atoms with Crippen LogP contribution < -0.4 is 10.1 Å². The Labute approximate surface area is 191 Å². The third-order valence-electron chi connectivity index (χ3n) is 6.27. The minimum atomic E-state index is -0.699. The maximum atomic E-state index is 13.2. The molecule has 1 atom stereocenters. The van der Waals surface area contributed by atoms with E-state index in [1.54, 1.807) is 0 Å². The third kappa shape index (κ3) is 3.69. The summed E-state index contributed by atoms with van der Waals surface area (Å²) in [5.41, 5.74) is 2.60. The van der Waals surface area contributed by atoms with E-state index in [0.717, 1.165) is 12.1 Å². The van der Waals surface area contributed by atoms with Gasteiger partial charge in [-0.2, -0.15) is 0 Å². The van der Waals surface area contributed by atoms with Gasteiger partial charge in [-0.3, -0.25) is 9.59 Å². The van der Waals surface area contributed by atoms with Crippen LogP contribution in [0.4, 0.5) is 0 Å². The number of hydrogen-bond donors (Lipinski definition) is 1. The van der Waals surface area contributed by atoms with E-state index in [1.807, 2.05) is 59.5 Å². The van der Waals surface area contributed by atoms with Crippen LogP contribution in [0.2, 0.25) is 0 Å². The fraction of sp³-hybridized carbons (Fsp3) is 0.269. The molecule has 0 bridgehead atoms. The van der Waals surface area contributed by atoms with Crippen LogP contribution in [0.1, 0.15) is 30.7 Å². The van der Waals surface area contributed by atoms with Crippen LogP contribution in [0, 0.1) is 0 Å². The number of ether oxygens (including phenoxy) is 2. The molecular formula is C26H24N2O5. The summed E-state index contributed by atoms with van der Waals surface area (Å²) in [4.78, 5) is 41.1. The van der Waals surface area contributed by atoms with Gasteiger partial charge in [-0.15, -0.1) is 0 Å². The lowest BCUT2D eigenvalue weighted by Crippen LogP contribution is -2.50. The number of amides is 1. The van der Waals surface area contributed by atoms with Crippen LogP contribution >= 0.6 is 0 Å². The van der Waals surface area contributed by atoms with E-state index < -0.39 is 11.9 Å². The molecule has 0 radical (unpaired) electrons. The lowest BCUT2D eigenvalue weighted by atomic mass is 9.74. The van der Waals surface area contributed by atoms with Crippen molar-refractivity contribution in [3.05, 3.63) is 82.7 Å². The van der Waals surface area contributed by atoms with Crippen LogP contribution in [0.15, 0.2) is 77.1 Å². The van der Waals surface area contributed by atoms with Gasteiger partial charge in [0.1, 0.15) is 17.2 Å². The smallest absolute Gasteiger partial charge is 0.337 e. The average Bonchev–Trinajstić information content (AvgIpc) is 2.84. The Bertz CT molecular complexity index is 1200. The molecule has 0 spiro atoms. The Balaban J connectivity index is 1.68. The first-order valence-electron chi connectivity index (χ1n) is 11.1. The van der Waals surface area contributed by atoms with E-state index in [0.29, 0.717) is 48.6 Å². The summed E-state index contributed by atoms with van der Waals surface area (Å²) in [5.74, 6) is -0.383. The molecule has 7 heteroatoms. The van der Waals surface area contributed by atoms with Gasteiger partial charge in [-0.25, -0.2) is 4.79 Å². The number of Topliss-reactive ketones (excluding diaryl/α,β-unsaturated/α-hetero) is 1. The number of carbonyl (C=O) groups is 3. The summed E-state index contributed by atoms with van der Waals surface area (Å²) >= 11 is 0. The second-order valence-electron chi connectivity index (χ2n) is 8.22. The van der Waals surface area contributed by atoms with E-state index in [-0.39, 0.29) is 23.0 Å². The third-order valence-corrected chi connectivity index (χ3v) is 6.27. The van der Waals surface area contributed by atoms with E-state index in [1.165, 1.54) is 7.11 Å². The first kappa shape index (κ1) is 21.0. The zero-order chi connectivity index (χ0) is 22.9. The largest absolute Gasteiger partial charge is 0.466 e. The van der Waals surface area contributed by atoms with Crippen molar-refractivity contribution in [2.45, 2.75) is 25.2 Å². The fourth-order valence-corrected chi connectivity index (χ4v) is 4.91. The lowest BCUT2D eigenvalue weighted by Gasteiger charge is -2.43. The highest BCUT2D eigenvalue weighted by Gasteiger charge is 2.45. The number of ketones is 1. The van der Waals surface area contributed by atoms with Gasteiger partial charge in [0.2, 0.25) is 0 Å². The summed E-state index contributed by atoms with van der Waals surface area (Å²) < 4.78 is 11.1. The summed E-state index contributed by atoms with van der Waals surface area (Å²) in [6, 6.07) is 16.7. The average molecular weight is 444 g/mol. The molecule has 1 unspecified atom stereocenters. The maximum Gasteiger partial charge on any atom is 0.337 e. The van der Waals surface area contributed by atoms with E-state index in [2.05, 4.69) is 5.32 Å². The second kappa shape index (κ2) is 8.58. The molecular weight excluding hydrogens is 420 g/mol. The minimum Gasteiger partial charge on any atom is -0.466 e. The number of benzene rings is 2. The van der Waals surface area contributed by atoms with Gasteiger partial charge >= 0.3 is 5.97 Å². The Kier molecular flexibility index (Phi) is 5.46. The Hall–Kier alpha value is -3.87. The van der Waals surface area contributed by atoms with Gasteiger partial charge in [-0.1, -0.05) is 30.3 Å². The van der Waals surface area contributed by atoms with Crippen molar-refractivity contribution in [2.75, 3.05) is 20.2 Å². The normalized spacial score (nSPS) is 20.2. The first-order chi connectivity index (χ1) is 16.1. The lowest BCUT2D eigenvalue weighted by molar-refractivity contribution is -0.137. The van der Waals surface area contributed by atoms with Gasteiger partial charge in [0.05, 0.1) is 12.7 Å². The van der Waals surface area contributed by atoms with Gasteiger partial charge in [-0.05, 0) is 42.7 Å². The van der Waals surface area contributed by atoms with Crippen molar-refractivity contribution < 1.29 is 23.9 Å². The number of methoxy groups -OCH3 is 1. The number of hydrogen-bond acceptors (Lipinski definition) is 6. The van der Waals surface area contributed by atoms with E-state index in [9.17, 15) is 14.4 Å². The summed E-state index contributed by atoms with van der Waals surface area (Å²) in [6.07, 6.45) is 1.82. The molecule has 1 amide bonds. The summed E-state index contributed by atoms with van der Waals surface area (Å²) in [6.45, 7) is 0.963. The van der Waals surface area contributed by atoms with Gasteiger partial charge in [0, 0.05) is 36.7 Å². The molecule has 3 aliphatic rings. The zero-order valence-corrected chi connectivity index (χ0v) is 18.3. The van der Waals surface area contributed by atoms with Crippen molar-refractivity contribution in [2.24, 2.45) is 0 Å². The molecule has 0 aromatic heterocycles. The number of piperazine rings is 1.